The van der Waals surface area contributed by atoms with Crippen LogP contribution in [0.5, 0.6) is 0 Å². The summed E-state index contributed by atoms with van der Waals surface area (Å²) in [6, 6.07) is 0.0654. The summed E-state index contributed by atoms with van der Waals surface area (Å²) in [4.78, 5) is 15.5. The van der Waals surface area contributed by atoms with Crippen molar-refractivity contribution in [1.29, 1.82) is 0 Å². The minimum Gasteiger partial charge on any atom is -0.351 e. The largest absolute Gasteiger partial charge is 0.351 e. The first-order valence-electron chi connectivity index (χ1n) is 6.45. The molecule has 0 aromatic carbocycles. The van der Waals surface area contributed by atoms with Gasteiger partial charge in [-0.1, -0.05) is 0 Å². The van der Waals surface area contributed by atoms with E-state index in [1.165, 1.54) is 17.1 Å². The summed E-state index contributed by atoms with van der Waals surface area (Å²) < 4.78 is 27.5. The summed E-state index contributed by atoms with van der Waals surface area (Å²) in [5.41, 5.74) is 0. The van der Waals surface area contributed by atoms with Crippen molar-refractivity contribution in [3.63, 3.8) is 0 Å². The number of aryl methyl sites for hydroxylation is 1. The molecular weight excluding hydrogens is 282 g/mol. The van der Waals surface area contributed by atoms with Gasteiger partial charge in [-0.05, 0) is 19.4 Å². The zero-order valence-corrected chi connectivity index (χ0v) is 12.1. The Labute approximate surface area is 118 Å². The van der Waals surface area contributed by atoms with Gasteiger partial charge in [0.1, 0.15) is 0 Å². The van der Waals surface area contributed by atoms with Crippen LogP contribution in [-0.4, -0.2) is 49.6 Å². The monoisotopic (exact) mass is 301 g/mol. The maximum absolute atomic E-state index is 11.9. The van der Waals surface area contributed by atoms with Gasteiger partial charge < -0.3 is 15.2 Å². The van der Waals surface area contributed by atoms with Gasteiger partial charge in [-0.15, -0.1) is 0 Å². The number of hydrogen-bond donors (Lipinski definition) is 3. The number of rotatable bonds is 5. The maximum atomic E-state index is 11.9. The van der Waals surface area contributed by atoms with Gasteiger partial charge in [0.2, 0.25) is 5.91 Å². The molecule has 0 spiro atoms. The molecule has 9 heteroatoms. The third kappa shape index (κ3) is 4.02. The summed E-state index contributed by atoms with van der Waals surface area (Å²) in [7, 11) is -2.06. The maximum Gasteiger partial charge on any atom is 0.260 e. The molecule has 1 fully saturated rings. The standard InChI is InChI=1S/C11H19N5O3S/c1-16-7-11(13-8-16)20(18,19)14-6-10(17)15-9-3-2-4-12-5-9/h7-9,12,14H,2-6H2,1H3,(H,15,17)/t9-/m0/s1. The lowest BCUT2D eigenvalue weighted by atomic mass is 10.1. The van der Waals surface area contributed by atoms with Crippen molar-refractivity contribution in [1.82, 2.24) is 24.9 Å². The molecule has 1 aromatic heterocycles. The third-order valence-corrected chi connectivity index (χ3v) is 4.33. The first-order valence-corrected chi connectivity index (χ1v) is 7.93. The van der Waals surface area contributed by atoms with Gasteiger partial charge in [0, 0.05) is 25.8 Å². The van der Waals surface area contributed by atoms with Crippen molar-refractivity contribution >= 4 is 15.9 Å². The molecule has 1 aliphatic heterocycles. The summed E-state index contributed by atoms with van der Waals surface area (Å²) in [6.45, 7) is 1.40. The van der Waals surface area contributed by atoms with Crippen LogP contribution in [0.4, 0.5) is 0 Å². The fourth-order valence-electron chi connectivity index (χ4n) is 2.02. The minimum absolute atomic E-state index is 0.0654. The first kappa shape index (κ1) is 14.9. The third-order valence-electron chi connectivity index (χ3n) is 3.04. The molecule has 1 saturated heterocycles. The van der Waals surface area contributed by atoms with E-state index in [2.05, 4.69) is 20.3 Å². The molecular formula is C11H19N5O3S. The fourth-order valence-corrected chi connectivity index (χ4v) is 2.98. The number of hydrogen-bond acceptors (Lipinski definition) is 5. The van der Waals surface area contributed by atoms with Crippen molar-refractivity contribution in [2.24, 2.45) is 7.05 Å². The van der Waals surface area contributed by atoms with Crippen LogP contribution in [0, 0.1) is 0 Å². The van der Waals surface area contributed by atoms with Crippen LogP contribution >= 0.6 is 0 Å². The second kappa shape index (κ2) is 6.33. The summed E-state index contributed by atoms with van der Waals surface area (Å²) >= 11 is 0. The van der Waals surface area contributed by atoms with E-state index in [0.29, 0.717) is 0 Å². The molecule has 2 heterocycles. The zero-order valence-electron chi connectivity index (χ0n) is 11.3. The number of nitrogens with one attached hydrogen (secondary N) is 3. The van der Waals surface area contributed by atoms with E-state index in [-0.39, 0.29) is 23.5 Å². The average Bonchev–Trinajstić information content (AvgIpc) is 2.85. The topological polar surface area (TPSA) is 105 Å². The Kier molecular flexibility index (Phi) is 4.73. The molecule has 3 N–H and O–H groups in total. The minimum atomic E-state index is -3.73. The molecule has 0 radical (unpaired) electrons. The number of amides is 1. The van der Waals surface area contributed by atoms with Crippen molar-refractivity contribution < 1.29 is 13.2 Å². The number of imidazole rings is 1. The average molecular weight is 301 g/mol. The Morgan fingerprint density at radius 2 is 2.40 bits per heavy atom. The normalized spacial score (nSPS) is 19.8. The lowest BCUT2D eigenvalue weighted by Gasteiger charge is -2.23. The molecule has 20 heavy (non-hydrogen) atoms. The van der Waals surface area contributed by atoms with Crippen LogP contribution < -0.4 is 15.4 Å². The quantitative estimate of drug-likeness (QED) is 0.618. The van der Waals surface area contributed by atoms with Gasteiger partial charge in [0.15, 0.2) is 5.03 Å². The van der Waals surface area contributed by atoms with E-state index in [9.17, 15) is 13.2 Å². The number of piperidine rings is 1. The highest BCUT2D eigenvalue weighted by Gasteiger charge is 2.20. The molecule has 0 bridgehead atoms. The highest BCUT2D eigenvalue weighted by molar-refractivity contribution is 7.89. The Morgan fingerprint density at radius 1 is 1.60 bits per heavy atom. The molecule has 1 aliphatic rings. The van der Waals surface area contributed by atoms with E-state index in [4.69, 9.17) is 0 Å². The van der Waals surface area contributed by atoms with Crippen LogP contribution in [0.2, 0.25) is 0 Å². The molecule has 0 saturated carbocycles. The number of carbonyl (C=O) groups is 1. The second-order valence-corrected chi connectivity index (χ2v) is 6.53. The number of carbonyl (C=O) groups excluding carboxylic acids is 1. The Balaban J connectivity index is 1.83. The molecule has 1 aromatic rings. The fraction of sp³-hybridized carbons (Fsp3) is 0.636. The molecule has 1 amide bonds. The van der Waals surface area contributed by atoms with Gasteiger partial charge in [-0.25, -0.2) is 18.1 Å². The van der Waals surface area contributed by atoms with Gasteiger partial charge in [0.25, 0.3) is 10.0 Å². The molecule has 2 rings (SSSR count). The van der Waals surface area contributed by atoms with Crippen molar-refractivity contribution in [2.75, 3.05) is 19.6 Å². The van der Waals surface area contributed by atoms with E-state index < -0.39 is 10.0 Å². The molecule has 0 unspecified atom stereocenters. The molecule has 0 aliphatic carbocycles. The molecule has 112 valence electrons. The Morgan fingerprint density at radius 3 is 3.00 bits per heavy atom. The molecule has 1 atom stereocenters. The van der Waals surface area contributed by atoms with Crippen LogP contribution in [0.15, 0.2) is 17.6 Å². The zero-order chi connectivity index (χ0) is 14.6. The smallest absolute Gasteiger partial charge is 0.260 e. The van der Waals surface area contributed by atoms with E-state index in [1.807, 2.05) is 0 Å². The van der Waals surface area contributed by atoms with E-state index in [1.54, 1.807) is 7.05 Å². The highest BCUT2D eigenvalue weighted by atomic mass is 32.2. The van der Waals surface area contributed by atoms with Crippen LogP contribution in [0.25, 0.3) is 0 Å². The van der Waals surface area contributed by atoms with Crippen molar-refractivity contribution in [3.05, 3.63) is 12.5 Å². The SMILES string of the molecule is Cn1cnc(S(=O)(=O)NCC(=O)N[C@H]2CCCNC2)c1. The summed E-state index contributed by atoms with van der Waals surface area (Å²) in [5.74, 6) is -0.335. The lowest BCUT2D eigenvalue weighted by Crippen LogP contribution is -2.48. The number of sulfonamides is 1. The predicted octanol–water partition coefficient (Wildman–Crippen LogP) is -1.43. The van der Waals surface area contributed by atoms with Gasteiger partial charge in [0.05, 0.1) is 12.9 Å². The second-order valence-electron chi connectivity index (χ2n) is 4.81. The highest BCUT2D eigenvalue weighted by Crippen LogP contribution is 2.03. The van der Waals surface area contributed by atoms with Crippen LogP contribution in [0.1, 0.15) is 12.8 Å². The lowest BCUT2D eigenvalue weighted by molar-refractivity contribution is -0.120. The van der Waals surface area contributed by atoms with Gasteiger partial charge in [-0.2, -0.15) is 0 Å². The Hall–Kier alpha value is -1.45. The first-order chi connectivity index (χ1) is 9.47. The van der Waals surface area contributed by atoms with Gasteiger partial charge in [-0.3, -0.25) is 4.79 Å². The number of aromatic nitrogens is 2. The van der Waals surface area contributed by atoms with E-state index in [0.717, 1.165) is 25.9 Å². The van der Waals surface area contributed by atoms with E-state index >= 15 is 0 Å². The summed E-state index contributed by atoms with van der Waals surface area (Å²) in [6.07, 6.45) is 4.68. The predicted molar refractivity (Wildman–Crippen MR) is 72.4 cm³/mol. The molecule has 8 nitrogen and oxygen atoms in total. The van der Waals surface area contributed by atoms with Crippen LogP contribution in [-0.2, 0) is 21.9 Å². The van der Waals surface area contributed by atoms with Crippen LogP contribution in [0.3, 0.4) is 0 Å². The number of nitrogens with zero attached hydrogens (tertiary/aromatic N) is 2. The summed E-state index contributed by atoms with van der Waals surface area (Å²) in [5, 5.41) is 5.88. The van der Waals surface area contributed by atoms with Gasteiger partial charge >= 0.3 is 0 Å². The van der Waals surface area contributed by atoms with Crippen molar-refractivity contribution in [3.8, 4) is 0 Å². The Bertz CT molecular complexity index is 562. The van der Waals surface area contributed by atoms with Crippen molar-refractivity contribution in [2.45, 2.75) is 23.9 Å².